The third-order valence-electron chi connectivity index (χ3n) is 10.7. The molecule has 0 radical (unpaired) electrons. The molecule has 55 heavy (non-hydrogen) atoms. The lowest BCUT2D eigenvalue weighted by Gasteiger charge is -2.10. The zero-order valence-electron chi connectivity index (χ0n) is 29.6. The Morgan fingerprint density at radius 1 is 0.309 bits per heavy atom. The number of hydrogen-bond acceptors (Lipinski definition) is 4. The number of fused-ring (bicyclic) bond motifs is 7. The average molecular weight is 702 g/mol. The van der Waals surface area contributed by atoms with E-state index in [2.05, 4.69) is 170 Å². The maximum Gasteiger partial charge on any atom is 0.164 e. The van der Waals surface area contributed by atoms with E-state index in [1.54, 1.807) is 0 Å². The Hall–Kier alpha value is -7.43. The Morgan fingerprint density at radius 3 is 1.73 bits per heavy atom. The number of furan rings is 1. The largest absolute Gasteiger partial charge is 0.455 e. The molecule has 11 rings (SSSR count). The molecule has 11 aromatic rings. The second kappa shape index (κ2) is 12.6. The summed E-state index contributed by atoms with van der Waals surface area (Å²) in [4.78, 5) is 15.5. The minimum absolute atomic E-state index is 0.594. The number of nitrogens with zero attached hydrogens (tertiary/aromatic N) is 3. The lowest BCUT2D eigenvalue weighted by molar-refractivity contribution is 0.670. The molecule has 0 saturated carbocycles. The first-order valence-corrected chi connectivity index (χ1v) is 18.5. The smallest absolute Gasteiger partial charge is 0.164 e. The van der Waals surface area contributed by atoms with Crippen molar-refractivity contribution in [3.63, 3.8) is 0 Å². The van der Waals surface area contributed by atoms with Crippen LogP contribution in [0.25, 0.3) is 111 Å². The van der Waals surface area contributed by atoms with Crippen molar-refractivity contribution in [3.8, 4) is 56.4 Å². The number of aromatic nitrogens is 3. The van der Waals surface area contributed by atoms with Crippen LogP contribution >= 0.6 is 0 Å². The second-order valence-electron chi connectivity index (χ2n) is 14.0. The fourth-order valence-electron chi connectivity index (χ4n) is 7.96. The topological polar surface area (TPSA) is 51.8 Å². The predicted octanol–water partition coefficient (Wildman–Crippen LogP) is 13.6. The van der Waals surface area contributed by atoms with Crippen LogP contribution in [0.5, 0.6) is 0 Å². The molecular formula is C51H31N3O. The Morgan fingerprint density at radius 2 is 0.873 bits per heavy atom. The highest BCUT2D eigenvalue weighted by molar-refractivity contribution is 6.16. The maximum absolute atomic E-state index is 6.76. The highest BCUT2D eigenvalue weighted by Crippen LogP contribution is 2.41. The molecule has 0 amide bonds. The second-order valence-corrected chi connectivity index (χ2v) is 14.0. The Kier molecular flexibility index (Phi) is 7.14. The fourth-order valence-corrected chi connectivity index (χ4v) is 7.96. The van der Waals surface area contributed by atoms with Crippen LogP contribution in [0.4, 0.5) is 0 Å². The first kappa shape index (κ1) is 31.1. The summed E-state index contributed by atoms with van der Waals surface area (Å²) in [6, 6.07) is 65.8. The molecule has 2 aromatic heterocycles. The standard InChI is InChI=1S/C51H31N3O/c1-2-10-32(11-3-1)34-20-26-37(27-21-34)49-52-50(40-29-22-33-12-4-5-14-38(33)30-40)54-51(53-49)44-18-9-19-46-47(44)43-17-8-16-42(48(43)55-46)39-28-25-36-24-23-35-13-6-7-15-41(35)45(36)31-39/h1-31H. The zero-order chi connectivity index (χ0) is 36.3. The van der Waals surface area contributed by atoms with Gasteiger partial charge in [-0.15, -0.1) is 0 Å². The van der Waals surface area contributed by atoms with E-state index >= 15 is 0 Å². The van der Waals surface area contributed by atoms with Crippen LogP contribution in [0, 0.1) is 0 Å². The number of benzene rings is 9. The van der Waals surface area contributed by atoms with Gasteiger partial charge in [-0.3, -0.25) is 0 Å². The van der Waals surface area contributed by atoms with Gasteiger partial charge in [0.2, 0.25) is 0 Å². The SMILES string of the molecule is c1ccc(-c2ccc(-c3nc(-c4ccc5ccccc5c4)nc(-c4cccc5oc6c(-c7ccc8ccc9ccccc9c8c7)cccc6c45)n3)cc2)cc1. The van der Waals surface area contributed by atoms with E-state index < -0.39 is 0 Å². The molecular weight excluding hydrogens is 671 g/mol. The first-order valence-electron chi connectivity index (χ1n) is 18.5. The zero-order valence-corrected chi connectivity index (χ0v) is 29.6. The monoisotopic (exact) mass is 701 g/mol. The van der Waals surface area contributed by atoms with Crippen LogP contribution in [0.3, 0.4) is 0 Å². The Bertz CT molecular complexity index is 3260. The van der Waals surface area contributed by atoms with Gasteiger partial charge in [-0.2, -0.15) is 0 Å². The molecule has 4 heteroatoms. The van der Waals surface area contributed by atoms with Crippen LogP contribution < -0.4 is 0 Å². The van der Waals surface area contributed by atoms with E-state index in [1.807, 2.05) is 18.2 Å². The molecule has 0 aliphatic heterocycles. The van der Waals surface area contributed by atoms with Gasteiger partial charge in [0.25, 0.3) is 0 Å². The molecule has 0 atom stereocenters. The van der Waals surface area contributed by atoms with Crippen molar-refractivity contribution in [2.75, 3.05) is 0 Å². The van der Waals surface area contributed by atoms with Crippen molar-refractivity contribution in [3.05, 3.63) is 188 Å². The third-order valence-corrected chi connectivity index (χ3v) is 10.7. The Labute approximate surface area is 317 Å². The number of hydrogen-bond donors (Lipinski definition) is 0. The molecule has 0 saturated heterocycles. The first-order chi connectivity index (χ1) is 27.2. The maximum atomic E-state index is 6.76. The molecule has 9 aromatic carbocycles. The van der Waals surface area contributed by atoms with Crippen LogP contribution in [0.2, 0.25) is 0 Å². The molecule has 0 aliphatic rings. The fraction of sp³-hybridized carbons (Fsp3) is 0. The molecule has 0 spiro atoms. The lowest BCUT2D eigenvalue weighted by atomic mass is 9.96. The van der Waals surface area contributed by atoms with Gasteiger partial charge in [0.1, 0.15) is 11.2 Å². The van der Waals surface area contributed by atoms with Crippen molar-refractivity contribution in [2.45, 2.75) is 0 Å². The van der Waals surface area contributed by atoms with E-state index in [9.17, 15) is 0 Å². The van der Waals surface area contributed by atoms with Crippen molar-refractivity contribution in [1.82, 2.24) is 15.0 Å². The van der Waals surface area contributed by atoms with Crippen LogP contribution in [-0.2, 0) is 0 Å². The highest BCUT2D eigenvalue weighted by atomic mass is 16.3. The van der Waals surface area contributed by atoms with Crippen molar-refractivity contribution in [1.29, 1.82) is 0 Å². The molecule has 2 heterocycles. The van der Waals surface area contributed by atoms with Crippen molar-refractivity contribution in [2.24, 2.45) is 0 Å². The third kappa shape index (κ3) is 5.34. The normalized spacial score (nSPS) is 11.6. The quantitative estimate of drug-likeness (QED) is 0.168. The van der Waals surface area contributed by atoms with Gasteiger partial charge >= 0.3 is 0 Å². The molecule has 4 nitrogen and oxygen atoms in total. The number of para-hydroxylation sites is 1. The van der Waals surface area contributed by atoms with Gasteiger partial charge in [-0.05, 0) is 67.2 Å². The van der Waals surface area contributed by atoms with Gasteiger partial charge in [0.15, 0.2) is 17.5 Å². The van der Waals surface area contributed by atoms with E-state index in [0.29, 0.717) is 17.5 Å². The minimum Gasteiger partial charge on any atom is -0.455 e. The molecule has 0 fully saturated rings. The summed E-state index contributed by atoms with van der Waals surface area (Å²) in [5.41, 5.74) is 8.81. The van der Waals surface area contributed by atoms with E-state index in [-0.39, 0.29) is 0 Å². The molecule has 256 valence electrons. The van der Waals surface area contributed by atoms with Crippen molar-refractivity contribution >= 4 is 54.3 Å². The average Bonchev–Trinajstić information content (AvgIpc) is 3.65. The van der Waals surface area contributed by atoms with E-state index in [0.717, 1.165) is 66.3 Å². The van der Waals surface area contributed by atoms with Gasteiger partial charge in [-0.25, -0.2) is 15.0 Å². The van der Waals surface area contributed by atoms with Crippen LogP contribution in [0.1, 0.15) is 0 Å². The summed E-state index contributed by atoms with van der Waals surface area (Å²) in [7, 11) is 0. The number of rotatable bonds is 5. The summed E-state index contributed by atoms with van der Waals surface area (Å²) in [5, 5.41) is 9.20. The Balaban J connectivity index is 1.10. The van der Waals surface area contributed by atoms with Gasteiger partial charge < -0.3 is 4.42 Å². The highest BCUT2D eigenvalue weighted by Gasteiger charge is 2.20. The summed E-state index contributed by atoms with van der Waals surface area (Å²) >= 11 is 0. The molecule has 0 unspecified atom stereocenters. The lowest BCUT2D eigenvalue weighted by Crippen LogP contribution is -2.00. The molecule has 0 bridgehead atoms. The van der Waals surface area contributed by atoms with Gasteiger partial charge in [-0.1, -0.05) is 170 Å². The summed E-state index contributed by atoms with van der Waals surface area (Å²) in [5.74, 6) is 1.82. The predicted molar refractivity (Wildman–Crippen MR) is 227 cm³/mol. The van der Waals surface area contributed by atoms with E-state index in [4.69, 9.17) is 19.4 Å². The molecule has 0 aliphatic carbocycles. The minimum atomic E-state index is 0.594. The summed E-state index contributed by atoms with van der Waals surface area (Å²) in [6.07, 6.45) is 0. The van der Waals surface area contributed by atoms with Crippen LogP contribution in [0.15, 0.2) is 192 Å². The summed E-state index contributed by atoms with van der Waals surface area (Å²) in [6.45, 7) is 0. The van der Waals surface area contributed by atoms with Gasteiger partial charge in [0.05, 0.1) is 0 Å². The van der Waals surface area contributed by atoms with E-state index in [1.165, 1.54) is 26.9 Å². The summed E-state index contributed by atoms with van der Waals surface area (Å²) < 4.78 is 6.76. The van der Waals surface area contributed by atoms with Crippen molar-refractivity contribution < 1.29 is 4.42 Å². The molecule has 0 N–H and O–H groups in total. The van der Waals surface area contributed by atoms with Gasteiger partial charge in [0, 0.05) is 33.0 Å². The van der Waals surface area contributed by atoms with Crippen LogP contribution in [-0.4, -0.2) is 15.0 Å².